The van der Waals surface area contributed by atoms with Crippen molar-refractivity contribution >= 4 is 24.2 Å². The molecule has 2 nitrogen and oxygen atoms in total. The summed E-state index contributed by atoms with van der Waals surface area (Å²) in [5.74, 6) is 0. The highest BCUT2D eigenvalue weighted by molar-refractivity contribution is 6.31. The highest BCUT2D eigenvalue weighted by Crippen LogP contribution is 2.30. The molecular formula is C20H13ClO2. The molecule has 0 N–H and O–H groups in total. The fourth-order valence-corrected chi connectivity index (χ4v) is 2.67. The number of halogens is 1. The number of hydrogen-bond acceptors (Lipinski definition) is 2. The molecule has 0 heterocycles. The summed E-state index contributed by atoms with van der Waals surface area (Å²) in [7, 11) is 0. The van der Waals surface area contributed by atoms with Crippen LogP contribution in [0, 0.1) is 0 Å². The Hall–Kier alpha value is -2.71. The summed E-state index contributed by atoms with van der Waals surface area (Å²) in [6.45, 7) is 0. The Morgan fingerprint density at radius 3 is 1.30 bits per heavy atom. The fourth-order valence-electron chi connectivity index (χ4n) is 2.43. The van der Waals surface area contributed by atoms with Gasteiger partial charge in [-0.1, -0.05) is 60.1 Å². The third-order valence-corrected chi connectivity index (χ3v) is 3.88. The second-order valence-corrected chi connectivity index (χ2v) is 5.64. The van der Waals surface area contributed by atoms with Crippen LogP contribution < -0.4 is 0 Å². The van der Waals surface area contributed by atoms with Gasteiger partial charge < -0.3 is 0 Å². The molecule has 3 heteroatoms. The molecule has 0 fully saturated rings. The Kier molecular flexibility index (Phi) is 4.35. The van der Waals surface area contributed by atoms with Crippen molar-refractivity contribution in [2.45, 2.75) is 0 Å². The largest absolute Gasteiger partial charge is 0.298 e. The summed E-state index contributed by atoms with van der Waals surface area (Å²) >= 11 is 6.25. The minimum Gasteiger partial charge on any atom is -0.298 e. The highest BCUT2D eigenvalue weighted by atomic mass is 35.5. The molecule has 0 radical (unpaired) electrons. The van der Waals surface area contributed by atoms with Crippen molar-refractivity contribution in [3.63, 3.8) is 0 Å². The third-order valence-electron chi connectivity index (χ3n) is 3.66. The molecule has 0 bridgehead atoms. The Balaban J connectivity index is 2.03. The average Bonchev–Trinajstić information content (AvgIpc) is 2.61. The summed E-state index contributed by atoms with van der Waals surface area (Å²) in [5.41, 5.74) is 5.21. The van der Waals surface area contributed by atoms with Gasteiger partial charge in [-0.2, -0.15) is 0 Å². The van der Waals surface area contributed by atoms with Gasteiger partial charge >= 0.3 is 0 Å². The molecule has 0 saturated carbocycles. The number of hydrogen-bond donors (Lipinski definition) is 0. The molecule has 0 amide bonds. The lowest BCUT2D eigenvalue weighted by molar-refractivity contribution is 0.111. The molecule has 3 rings (SSSR count). The molecule has 0 spiro atoms. The maximum atomic E-state index is 10.8. The van der Waals surface area contributed by atoms with Crippen LogP contribution in [0.3, 0.4) is 0 Å². The summed E-state index contributed by atoms with van der Waals surface area (Å²) in [6, 6.07) is 20.5. The maximum Gasteiger partial charge on any atom is 0.150 e. The normalized spacial score (nSPS) is 10.3. The van der Waals surface area contributed by atoms with Crippen molar-refractivity contribution < 1.29 is 9.59 Å². The van der Waals surface area contributed by atoms with Gasteiger partial charge in [0.05, 0.1) is 0 Å². The van der Waals surface area contributed by atoms with Gasteiger partial charge in [0.15, 0.2) is 0 Å². The number of benzene rings is 3. The molecular weight excluding hydrogens is 308 g/mol. The van der Waals surface area contributed by atoms with Crippen molar-refractivity contribution in [3.05, 3.63) is 82.9 Å². The minimum absolute atomic E-state index is 0.636. The molecule has 0 aromatic heterocycles. The first-order chi connectivity index (χ1) is 11.2. The van der Waals surface area contributed by atoms with Crippen molar-refractivity contribution in [3.8, 4) is 22.3 Å². The standard InChI is InChI=1S/C20H13ClO2/c21-20-10-18(16-5-1-14(12-22)2-6-16)9-19(11-20)17-7-3-15(13-23)4-8-17/h1-13H. The molecule has 0 saturated heterocycles. The van der Waals surface area contributed by atoms with E-state index in [2.05, 4.69) is 0 Å². The summed E-state index contributed by atoms with van der Waals surface area (Å²) in [5, 5.41) is 0.636. The van der Waals surface area contributed by atoms with E-state index in [0.717, 1.165) is 34.8 Å². The van der Waals surface area contributed by atoms with Gasteiger partial charge in [0.25, 0.3) is 0 Å². The molecule has 23 heavy (non-hydrogen) atoms. The van der Waals surface area contributed by atoms with Crippen molar-refractivity contribution in [1.82, 2.24) is 0 Å². The van der Waals surface area contributed by atoms with Crippen LogP contribution >= 0.6 is 11.6 Å². The predicted molar refractivity (Wildman–Crippen MR) is 93.1 cm³/mol. The van der Waals surface area contributed by atoms with Crippen LogP contribution in [0.1, 0.15) is 20.7 Å². The molecule has 0 aliphatic rings. The second kappa shape index (κ2) is 6.59. The van der Waals surface area contributed by atoms with Crippen molar-refractivity contribution in [2.24, 2.45) is 0 Å². The first-order valence-corrected chi connectivity index (χ1v) is 7.49. The molecule has 0 atom stereocenters. The van der Waals surface area contributed by atoms with Crippen LogP contribution in [0.25, 0.3) is 22.3 Å². The zero-order valence-electron chi connectivity index (χ0n) is 12.2. The lowest BCUT2D eigenvalue weighted by Gasteiger charge is -2.08. The quantitative estimate of drug-likeness (QED) is 0.611. The Morgan fingerprint density at radius 1 is 0.565 bits per heavy atom. The van der Waals surface area contributed by atoms with E-state index in [0.29, 0.717) is 16.1 Å². The summed E-state index contributed by atoms with van der Waals surface area (Å²) < 4.78 is 0. The molecule has 3 aromatic rings. The lowest BCUT2D eigenvalue weighted by Crippen LogP contribution is -1.85. The summed E-state index contributed by atoms with van der Waals surface area (Å²) in [4.78, 5) is 21.5. The van der Waals surface area contributed by atoms with Crippen molar-refractivity contribution in [1.29, 1.82) is 0 Å². The van der Waals surface area contributed by atoms with Crippen molar-refractivity contribution in [2.75, 3.05) is 0 Å². The molecule has 0 aliphatic heterocycles. The Bertz CT molecular complexity index is 780. The van der Waals surface area contributed by atoms with Gasteiger partial charge in [0, 0.05) is 16.1 Å². The Labute approximate surface area is 139 Å². The zero-order valence-corrected chi connectivity index (χ0v) is 13.0. The van der Waals surface area contributed by atoms with Crippen LogP contribution in [0.15, 0.2) is 66.7 Å². The number of aldehydes is 2. The van der Waals surface area contributed by atoms with Crippen LogP contribution in [0.5, 0.6) is 0 Å². The minimum atomic E-state index is 0.636. The van der Waals surface area contributed by atoms with E-state index in [4.69, 9.17) is 11.6 Å². The van der Waals surface area contributed by atoms with E-state index < -0.39 is 0 Å². The summed E-state index contributed by atoms with van der Waals surface area (Å²) in [6.07, 6.45) is 1.64. The first kappa shape index (κ1) is 15.2. The van der Waals surface area contributed by atoms with Gasteiger partial charge in [-0.05, 0) is 40.5 Å². The lowest BCUT2D eigenvalue weighted by atomic mass is 9.98. The number of carbonyl (C=O) groups excluding carboxylic acids is 2. The van der Waals surface area contributed by atoms with E-state index in [-0.39, 0.29) is 0 Å². The van der Waals surface area contributed by atoms with Crippen LogP contribution in [-0.2, 0) is 0 Å². The molecule has 0 unspecified atom stereocenters. The van der Waals surface area contributed by atoms with Crippen LogP contribution in [0.2, 0.25) is 5.02 Å². The van der Waals surface area contributed by atoms with Gasteiger partial charge in [-0.15, -0.1) is 0 Å². The first-order valence-electron chi connectivity index (χ1n) is 7.11. The highest BCUT2D eigenvalue weighted by Gasteiger charge is 2.05. The third kappa shape index (κ3) is 3.38. The second-order valence-electron chi connectivity index (χ2n) is 5.21. The predicted octanol–water partition coefficient (Wildman–Crippen LogP) is 5.30. The topological polar surface area (TPSA) is 34.1 Å². The number of carbonyl (C=O) groups is 2. The molecule has 0 aliphatic carbocycles. The fraction of sp³-hybridized carbons (Fsp3) is 0. The van der Waals surface area contributed by atoms with Gasteiger partial charge in [0.1, 0.15) is 12.6 Å². The van der Waals surface area contributed by atoms with Crippen LogP contribution in [-0.4, -0.2) is 12.6 Å². The monoisotopic (exact) mass is 320 g/mol. The van der Waals surface area contributed by atoms with E-state index in [1.165, 1.54) is 0 Å². The average molecular weight is 321 g/mol. The zero-order chi connectivity index (χ0) is 16.2. The van der Waals surface area contributed by atoms with E-state index in [9.17, 15) is 9.59 Å². The van der Waals surface area contributed by atoms with E-state index in [1.54, 1.807) is 24.3 Å². The number of rotatable bonds is 4. The van der Waals surface area contributed by atoms with Gasteiger partial charge in [0.2, 0.25) is 0 Å². The smallest absolute Gasteiger partial charge is 0.150 e. The van der Waals surface area contributed by atoms with Gasteiger partial charge in [-0.3, -0.25) is 9.59 Å². The molecule has 3 aromatic carbocycles. The Morgan fingerprint density at radius 2 is 0.957 bits per heavy atom. The van der Waals surface area contributed by atoms with Gasteiger partial charge in [-0.25, -0.2) is 0 Å². The van der Waals surface area contributed by atoms with E-state index in [1.807, 2.05) is 42.5 Å². The SMILES string of the molecule is O=Cc1ccc(-c2cc(Cl)cc(-c3ccc(C=O)cc3)c2)cc1. The van der Waals surface area contributed by atoms with Crippen LogP contribution in [0.4, 0.5) is 0 Å². The maximum absolute atomic E-state index is 10.8. The molecule has 112 valence electrons. The van der Waals surface area contributed by atoms with E-state index >= 15 is 0 Å².